The first-order chi connectivity index (χ1) is 20.0. The molecule has 1 atom stereocenters. The summed E-state index contributed by atoms with van der Waals surface area (Å²) in [5, 5.41) is 0. The number of anilines is 2. The van der Waals surface area contributed by atoms with Gasteiger partial charge in [0.25, 0.3) is 6.01 Å². The van der Waals surface area contributed by atoms with E-state index in [4.69, 9.17) is 4.42 Å². The predicted octanol–water partition coefficient (Wildman–Crippen LogP) is 4.92. The van der Waals surface area contributed by atoms with Gasteiger partial charge in [0.2, 0.25) is 17.5 Å². The third-order valence-electron chi connectivity index (χ3n) is 7.59. The van der Waals surface area contributed by atoms with Crippen LogP contribution in [0.2, 0.25) is 0 Å². The Balaban J connectivity index is 1.20. The Labute approximate surface area is 239 Å². The molecule has 0 aliphatic carbocycles. The molecule has 1 aromatic carbocycles. The van der Waals surface area contributed by atoms with Crippen molar-refractivity contribution in [3.63, 3.8) is 0 Å². The SMILES string of the molecule is CC1CCCN(c2nc(C(F)(F)F)c(C(=O)Cc3ccc(N4CCN(C(=O)Cc5c(F)cccc5F)CC4)nc3)o2)C1. The average molecular weight is 592 g/mol. The fourth-order valence-corrected chi connectivity index (χ4v) is 5.31. The van der Waals surface area contributed by atoms with Gasteiger partial charge in [0.05, 0.1) is 6.42 Å². The second kappa shape index (κ2) is 12.1. The number of nitrogens with zero attached hydrogens (tertiary/aromatic N) is 5. The Morgan fingerprint density at radius 2 is 1.69 bits per heavy atom. The highest BCUT2D eigenvalue weighted by atomic mass is 19.4. The van der Waals surface area contributed by atoms with Crippen molar-refractivity contribution in [2.45, 2.75) is 38.8 Å². The monoisotopic (exact) mass is 591 g/mol. The number of carbonyl (C=O) groups is 2. The molecule has 2 saturated heterocycles. The molecular formula is C29H30F5N5O3. The Hall–Kier alpha value is -4.03. The van der Waals surface area contributed by atoms with Crippen LogP contribution < -0.4 is 9.80 Å². The minimum atomic E-state index is -4.84. The lowest BCUT2D eigenvalue weighted by atomic mass is 10.0. The number of amides is 1. The van der Waals surface area contributed by atoms with Crippen LogP contribution in [-0.4, -0.2) is 65.8 Å². The van der Waals surface area contributed by atoms with E-state index in [9.17, 15) is 31.5 Å². The number of piperidine rings is 1. The molecular weight excluding hydrogens is 561 g/mol. The summed E-state index contributed by atoms with van der Waals surface area (Å²) in [5.74, 6) is -2.73. The van der Waals surface area contributed by atoms with Crippen LogP contribution >= 0.6 is 0 Å². The standard InChI is InChI=1S/C29H30F5N5O3/c1-18-4-3-9-39(17-18)28-36-27(29(32,33)34)26(42-28)23(40)14-19-7-8-24(35-16-19)37-10-12-38(13-11-37)25(41)15-20-21(30)5-2-6-22(20)31/h2,5-8,16,18H,3-4,9-15,17H2,1H3. The molecule has 0 bridgehead atoms. The third kappa shape index (κ3) is 6.55. The fourth-order valence-electron chi connectivity index (χ4n) is 5.31. The van der Waals surface area contributed by atoms with Crippen molar-refractivity contribution in [3.8, 4) is 0 Å². The van der Waals surface area contributed by atoms with Crippen molar-refractivity contribution < 1.29 is 36.0 Å². The van der Waals surface area contributed by atoms with Crippen molar-refractivity contribution in [1.29, 1.82) is 0 Å². The lowest BCUT2D eigenvalue weighted by Gasteiger charge is -2.35. The quantitative estimate of drug-likeness (QED) is 0.285. The van der Waals surface area contributed by atoms with Gasteiger partial charge in [-0.2, -0.15) is 18.2 Å². The van der Waals surface area contributed by atoms with Crippen molar-refractivity contribution in [2.24, 2.45) is 5.92 Å². The first kappa shape index (κ1) is 29.5. The maximum absolute atomic E-state index is 13.9. The minimum absolute atomic E-state index is 0.192. The molecule has 0 N–H and O–H groups in total. The number of hydrogen-bond donors (Lipinski definition) is 0. The number of aromatic nitrogens is 2. The number of rotatable bonds is 7. The van der Waals surface area contributed by atoms with Gasteiger partial charge < -0.3 is 19.1 Å². The molecule has 0 radical (unpaired) electrons. The number of hydrogen-bond acceptors (Lipinski definition) is 7. The molecule has 0 spiro atoms. The van der Waals surface area contributed by atoms with Gasteiger partial charge in [0.1, 0.15) is 17.5 Å². The molecule has 0 saturated carbocycles. The molecule has 2 aliphatic rings. The molecule has 1 unspecified atom stereocenters. The minimum Gasteiger partial charge on any atom is -0.420 e. The summed E-state index contributed by atoms with van der Waals surface area (Å²) in [6.07, 6.45) is -2.39. The Kier molecular flexibility index (Phi) is 8.46. The van der Waals surface area contributed by atoms with E-state index >= 15 is 0 Å². The van der Waals surface area contributed by atoms with Crippen molar-refractivity contribution in [3.05, 3.63) is 70.7 Å². The number of oxazole rings is 1. The van der Waals surface area contributed by atoms with Gasteiger partial charge in [0, 0.05) is 57.4 Å². The largest absolute Gasteiger partial charge is 0.437 e. The number of alkyl halides is 3. The first-order valence-electron chi connectivity index (χ1n) is 13.8. The second-order valence-electron chi connectivity index (χ2n) is 10.7. The van der Waals surface area contributed by atoms with Gasteiger partial charge in [-0.1, -0.05) is 19.1 Å². The molecule has 13 heteroatoms. The summed E-state index contributed by atoms with van der Waals surface area (Å²) >= 11 is 0. The van der Waals surface area contributed by atoms with Crippen molar-refractivity contribution >= 4 is 23.5 Å². The van der Waals surface area contributed by atoms with Crippen LogP contribution in [0, 0.1) is 17.6 Å². The zero-order valence-corrected chi connectivity index (χ0v) is 23.0. The molecule has 2 aliphatic heterocycles. The van der Waals surface area contributed by atoms with Crippen LogP contribution in [0.5, 0.6) is 0 Å². The number of carbonyl (C=O) groups excluding carboxylic acids is 2. The third-order valence-corrected chi connectivity index (χ3v) is 7.59. The maximum atomic E-state index is 13.9. The number of ketones is 1. The van der Waals surface area contributed by atoms with Crippen LogP contribution in [-0.2, 0) is 23.8 Å². The second-order valence-corrected chi connectivity index (χ2v) is 10.7. The molecule has 4 heterocycles. The van der Waals surface area contributed by atoms with E-state index in [2.05, 4.69) is 9.97 Å². The number of pyridine rings is 1. The summed E-state index contributed by atoms with van der Waals surface area (Å²) < 4.78 is 74.4. The van der Waals surface area contributed by atoms with E-state index in [1.807, 2.05) is 11.8 Å². The zero-order chi connectivity index (χ0) is 30.0. The number of Topliss-reactive ketones (excluding diaryl/α,β-unsaturated/α-hetero) is 1. The van der Waals surface area contributed by atoms with Crippen LogP contribution in [0.15, 0.2) is 40.9 Å². The number of halogens is 5. The number of piperazine rings is 1. The molecule has 1 amide bonds. The highest BCUT2D eigenvalue weighted by Gasteiger charge is 2.42. The van der Waals surface area contributed by atoms with Gasteiger partial charge in [-0.25, -0.2) is 13.8 Å². The van der Waals surface area contributed by atoms with Gasteiger partial charge in [-0.05, 0) is 42.5 Å². The summed E-state index contributed by atoms with van der Waals surface area (Å²) in [6, 6.07) is 6.53. The lowest BCUT2D eigenvalue weighted by molar-refractivity contribution is -0.141. The van der Waals surface area contributed by atoms with Gasteiger partial charge in [0.15, 0.2) is 5.69 Å². The van der Waals surface area contributed by atoms with E-state index in [1.165, 1.54) is 17.2 Å². The highest BCUT2D eigenvalue weighted by molar-refractivity contribution is 5.96. The van der Waals surface area contributed by atoms with E-state index < -0.39 is 35.0 Å². The molecule has 2 aromatic heterocycles. The van der Waals surface area contributed by atoms with Crippen molar-refractivity contribution in [2.75, 3.05) is 49.1 Å². The lowest BCUT2D eigenvalue weighted by Crippen LogP contribution is -2.49. The Morgan fingerprint density at radius 1 is 0.976 bits per heavy atom. The maximum Gasteiger partial charge on any atom is 0.437 e. The molecule has 2 fully saturated rings. The molecule has 8 nitrogen and oxygen atoms in total. The average Bonchev–Trinajstić information content (AvgIpc) is 3.43. The van der Waals surface area contributed by atoms with E-state index in [-0.39, 0.29) is 36.2 Å². The smallest absolute Gasteiger partial charge is 0.420 e. The topological polar surface area (TPSA) is 82.8 Å². The Bertz CT molecular complexity index is 1410. The molecule has 3 aromatic rings. The summed E-state index contributed by atoms with van der Waals surface area (Å²) in [7, 11) is 0. The zero-order valence-electron chi connectivity index (χ0n) is 23.0. The van der Waals surface area contributed by atoms with Crippen LogP contribution in [0.3, 0.4) is 0 Å². The van der Waals surface area contributed by atoms with Gasteiger partial charge >= 0.3 is 6.18 Å². The normalized spacial score (nSPS) is 18.0. The van der Waals surface area contributed by atoms with Crippen molar-refractivity contribution in [1.82, 2.24) is 14.9 Å². The predicted molar refractivity (Wildman–Crippen MR) is 143 cm³/mol. The van der Waals surface area contributed by atoms with E-state index in [0.29, 0.717) is 50.6 Å². The Morgan fingerprint density at radius 3 is 2.31 bits per heavy atom. The van der Waals surface area contributed by atoms with Crippen LogP contribution in [0.1, 0.15) is 47.1 Å². The van der Waals surface area contributed by atoms with Crippen LogP contribution in [0.25, 0.3) is 0 Å². The van der Waals surface area contributed by atoms with E-state index in [0.717, 1.165) is 25.0 Å². The molecule has 5 rings (SSSR count). The fraction of sp³-hybridized carbons (Fsp3) is 0.448. The highest BCUT2D eigenvalue weighted by Crippen LogP contribution is 2.35. The van der Waals surface area contributed by atoms with E-state index in [1.54, 1.807) is 17.0 Å². The van der Waals surface area contributed by atoms with Gasteiger partial charge in [-0.3, -0.25) is 9.59 Å². The first-order valence-corrected chi connectivity index (χ1v) is 13.8. The van der Waals surface area contributed by atoms with Crippen LogP contribution in [0.4, 0.5) is 33.8 Å². The molecule has 224 valence electrons. The molecule has 42 heavy (non-hydrogen) atoms. The summed E-state index contributed by atoms with van der Waals surface area (Å²) in [6.45, 7) is 4.49. The number of benzene rings is 1. The van der Waals surface area contributed by atoms with Gasteiger partial charge in [-0.15, -0.1) is 0 Å². The summed E-state index contributed by atoms with van der Waals surface area (Å²) in [5.41, 5.74) is -1.18. The summed E-state index contributed by atoms with van der Waals surface area (Å²) in [4.78, 5) is 38.6.